The van der Waals surface area contributed by atoms with E-state index < -0.39 is 0 Å². The molecular formula is C20H15NO2S. The molecule has 0 fully saturated rings. The summed E-state index contributed by atoms with van der Waals surface area (Å²) in [6.07, 6.45) is 2.89. The van der Waals surface area contributed by atoms with E-state index in [-0.39, 0.29) is 5.25 Å². The second kappa shape index (κ2) is 6.13. The number of benzene rings is 2. The summed E-state index contributed by atoms with van der Waals surface area (Å²) in [6, 6.07) is 18.0. The molecule has 2 heterocycles. The van der Waals surface area contributed by atoms with Crippen LogP contribution >= 0.6 is 11.8 Å². The van der Waals surface area contributed by atoms with Gasteiger partial charge in [0.1, 0.15) is 17.1 Å². The number of carbonyl (C=O) groups is 1. The minimum absolute atomic E-state index is 0.0144. The van der Waals surface area contributed by atoms with Crippen LogP contribution < -0.4 is 4.74 Å². The highest BCUT2D eigenvalue weighted by atomic mass is 32.2. The normalized spacial score (nSPS) is 16.4. The number of thioether (sulfide) groups is 1. The number of carbonyl (C=O) groups excluding carboxylic acids is 1. The van der Waals surface area contributed by atoms with Gasteiger partial charge in [-0.3, -0.25) is 4.79 Å². The lowest BCUT2D eigenvalue weighted by molar-refractivity contribution is -0.104. The molecule has 4 heteroatoms. The zero-order valence-corrected chi connectivity index (χ0v) is 13.9. The van der Waals surface area contributed by atoms with Crippen LogP contribution in [-0.4, -0.2) is 18.4 Å². The molecule has 2 aromatic carbocycles. The lowest BCUT2D eigenvalue weighted by Crippen LogP contribution is -2.06. The zero-order valence-electron chi connectivity index (χ0n) is 13.1. The third-order valence-corrected chi connectivity index (χ3v) is 5.44. The summed E-state index contributed by atoms with van der Waals surface area (Å²) in [5.41, 5.74) is 3.79. The first-order valence-electron chi connectivity index (χ1n) is 7.65. The van der Waals surface area contributed by atoms with Gasteiger partial charge in [-0.05, 0) is 35.9 Å². The first-order valence-corrected chi connectivity index (χ1v) is 8.53. The molecule has 24 heavy (non-hydrogen) atoms. The molecule has 118 valence electrons. The van der Waals surface area contributed by atoms with E-state index in [9.17, 15) is 4.79 Å². The highest BCUT2D eigenvalue weighted by molar-refractivity contribution is 7.99. The Labute approximate surface area is 144 Å². The minimum atomic E-state index is -0.0144. The van der Waals surface area contributed by atoms with Crippen molar-refractivity contribution in [3.63, 3.8) is 0 Å². The maximum Gasteiger partial charge on any atom is 0.147 e. The number of rotatable bonds is 3. The summed E-state index contributed by atoms with van der Waals surface area (Å²) in [4.78, 5) is 16.4. The highest BCUT2D eigenvalue weighted by Gasteiger charge is 2.25. The largest absolute Gasteiger partial charge is 0.497 e. The van der Waals surface area contributed by atoms with Gasteiger partial charge >= 0.3 is 0 Å². The van der Waals surface area contributed by atoms with Gasteiger partial charge in [0.15, 0.2) is 0 Å². The molecule has 0 saturated carbocycles. The number of hydrogen-bond acceptors (Lipinski definition) is 4. The van der Waals surface area contributed by atoms with Gasteiger partial charge in [0, 0.05) is 16.5 Å². The van der Waals surface area contributed by atoms with Gasteiger partial charge < -0.3 is 4.74 Å². The van der Waals surface area contributed by atoms with Crippen LogP contribution in [0, 0.1) is 0 Å². The van der Waals surface area contributed by atoms with Gasteiger partial charge in [-0.25, -0.2) is 4.98 Å². The Balaban J connectivity index is 1.84. The minimum Gasteiger partial charge on any atom is -0.497 e. The number of fused-ring (bicyclic) bond motifs is 2. The summed E-state index contributed by atoms with van der Waals surface area (Å²) < 4.78 is 5.28. The Morgan fingerprint density at radius 3 is 2.71 bits per heavy atom. The number of pyridine rings is 1. The topological polar surface area (TPSA) is 39.2 Å². The maximum absolute atomic E-state index is 11.6. The Bertz CT molecular complexity index is 951. The monoisotopic (exact) mass is 333 g/mol. The maximum atomic E-state index is 11.6. The molecule has 0 radical (unpaired) electrons. The number of aldehydes is 1. The third-order valence-electron chi connectivity index (χ3n) is 4.11. The second-order valence-corrected chi connectivity index (χ2v) is 6.71. The van der Waals surface area contributed by atoms with E-state index in [2.05, 4.69) is 6.07 Å². The van der Waals surface area contributed by atoms with Crippen LogP contribution in [0.25, 0.3) is 17.0 Å². The SMILES string of the molecule is COc1ccc2nc3c(cc2c1)C=C(C=O)[C@@H](c1ccccc1)S3. The molecule has 0 aliphatic carbocycles. The second-order valence-electron chi connectivity index (χ2n) is 5.61. The summed E-state index contributed by atoms with van der Waals surface area (Å²) in [6.45, 7) is 0. The van der Waals surface area contributed by atoms with Crippen LogP contribution in [0.1, 0.15) is 16.4 Å². The summed E-state index contributed by atoms with van der Waals surface area (Å²) in [5, 5.41) is 1.94. The quantitative estimate of drug-likeness (QED) is 0.653. The van der Waals surface area contributed by atoms with Crippen molar-refractivity contribution < 1.29 is 9.53 Å². The molecule has 0 bridgehead atoms. The van der Waals surface area contributed by atoms with E-state index >= 15 is 0 Å². The fraction of sp³-hybridized carbons (Fsp3) is 0.100. The van der Waals surface area contributed by atoms with Gasteiger partial charge in [0.25, 0.3) is 0 Å². The predicted molar refractivity (Wildman–Crippen MR) is 97.4 cm³/mol. The lowest BCUT2D eigenvalue weighted by Gasteiger charge is -2.22. The number of nitrogens with zero attached hydrogens (tertiary/aromatic N) is 1. The molecule has 1 aromatic heterocycles. The lowest BCUT2D eigenvalue weighted by atomic mass is 10.0. The highest BCUT2D eigenvalue weighted by Crippen LogP contribution is 2.45. The molecule has 0 saturated heterocycles. The van der Waals surface area contributed by atoms with Crippen LogP contribution in [0.5, 0.6) is 5.75 Å². The van der Waals surface area contributed by atoms with Crippen molar-refractivity contribution in [3.8, 4) is 5.75 Å². The van der Waals surface area contributed by atoms with E-state index in [0.29, 0.717) is 0 Å². The molecule has 3 aromatic rings. The van der Waals surface area contributed by atoms with Gasteiger partial charge in [-0.15, -0.1) is 0 Å². The van der Waals surface area contributed by atoms with Gasteiger partial charge in [-0.2, -0.15) is 0 Å². The van der Waals surface area contributed by atoms with Crippen LogP contribution in [0.3, 0.4) is 0 Å². The Morgan fingerprint density at radius 2 is 1.96 bits per heavy atom. The molecule has 1 atom stereocenters. The Kier molecular flexibility index (Phi) is 3.82. The van der Waals surface area contributed by atoms with Crippen molar-refractivity contribution in [3.05, 3.63) is 71.3 Å². The molecule has 0 amide bonds. The zero-order chi connectivity index (χ0) is 16.5. The molecule has 0 unspecified atom stereocenters. The molecule has 3 nitrogen and oxygen atoms in total. The molecular weight excluding hydrogens is 318 g/mol. The van der Waals surface area contributed by atoms with Crippen molar-refractivity contribution in [2.75, 3.05) is 7.11 Å². The van der Waals surface area contributed by atoms with E-state index in [1.165, 1.54) is 0 Å². The Hall–Kier alpha value is -2.59. The number of ether oxygens (including phenoxy) is 1. The van der Waals surface area contributed by atoms with Crippen LogP contribution in [0.4, 0.5) is 0 Å². The molecule has 0 spiro atoms. The van der Waals surface area contributed by atoms with Crippen molar-refractivity contribution >= 4 is 35.0 Å². The predicted octanol–water partition coefficient (Wildman–Crippen LogP) is 4.67. The van der Waals surface area contributed by atoms with Gasteiger partial charge in [-0.1, -0.05) is 42.1 Å². The number of methoxy groups -OCH3 is 1. The van der Waals surface area contributed by atoms with Crippen molar-refractivity contribution in [1.82, 2.24) is 4.98 Å². The molecule has 0 N–H and O–H groups in total. The van der Waals surface area contributed by atoms with Gasteiger partial charge in [0.2, 0.25) is 0 Å². The average Bonchev–Trinajstić information content (AvgIpc) is 2.65. The summed E-state index contributed by atoms with van der Waals surface area (Å²) >= 11 is 1.63. The van der Waals surface area contributed by atoms with E-state index in [4.69, 9.17) is 9.72 Å². The van der Waals surface area contributed by atoms with Crippen molar-refractivity contribution in [2.45, 2.75) is 10.3 Å². The number of hydrogen-bond donors (Lipinski definition) is 0. The van der Waals surface area contributed by atoms with Crippen molar-refractivity contribution in [2.24, 2.45) is 0 Å². The van der Waals surface area contributed by atoms with Crippen LogP contribution in [0.15, 0.2) is 65.2 Å². The summed E-state index contributed by atoms with van der Waals surface area (Å²) in [7, 11) is 1.65. The molecule has 4 rings (SSSR count). The standard InChI is InChI=1S/C20H15NO2S/c1-23-17-7-8-18-14(11-17)9-15-10-16(12-22)19(24-20(15)21-18)13-5-3-2-4-6-13/h2-12,19H,1H3/t19-/m1/s1. The molecule has 1 aliphatic rings. The average molecular weight is 333 g/mol. The van der Waals surface area contributed by atoms with E-state index in [0.717, 1.165) is 44.7 Å². The van der Waals surface area contributed by atoms with Gasteiger partial charge in [0.05, 0.1) is 17.9 Å². The summed E-state index contributed by atoms with van der Waals surface area (Å²) in [5.74, 6) is 0.800. The van der Waals surface area contributed by atoms with E-state index in [1.54, 1.807) is 18.9 Å². The molecule has 1 aliphatic heterocycles. The number of aromatic nitrogens is 1. The van der Waals surface area contributed by atoms with Crippen molar-refractivity contribution in [1.29, 1.82) is 0 Å². The fourth-order valence-electron chi connectivity index (χ4n) is 2.90. The third kappa shape index (κ3) is 2.59. The first kappa shape index (κ1) is 15.0. The van der Waals surface area contributed by atoms with Crippen LogP contribution in [-0.2, 0) is 4.79 Å². The smallest absolute Gasteiger partial charge is 0.147 e. The fourth-order valence-corrected chi connectivity index (χ4v) is 4.08. The Morgan fingerprint density at radius 1 is 1.12 bits per heavy atom. The van der Waals surface area contributed by atoms with E-state index in [1.807, 2.05) is 54.6 Å². The van der Waals surface area contributed by atoms with Crippen LogP contribution in [0.2, 0.25) is 0 Å². The first-order chi connectivity index (χ1) is 11.8.